The zero-order chi connectivity index (χ0) is 13.1. The lowest BCUT2D eigenvalue weighted by atomic mass is 10.1. The Labute approximate surface area is 103 Å². The third kappa shape index (κ3) is 2.57. The van der Waals surface area contributed by atoms with Gasteiger partial charge in [-0.15, -0.1) is 0 Å². The van der Waals surface area contributed by atoms with Crippen LogP contribution in [0.1, 0.15) is 23.2 Å². The van der Waals surface area contributed by atoms with Gasteiger partial charge in [-0.1, -0.05) is 0 Å². The van der Waals surface area contributed by atoms with E-state index in [1.165, 1.54) is 18.2 Å². The molecule has 1 aliphatic heterocycles. The molecule has 1 atom stereocenters. The summed E-state index contributed by atoms with van der Waals surface area (Å²) in [6.07, 6.45) is 0.775. The molecule has 1 heterocycles. The molecule has 18 heavy (non-hydrogen) atoms. The van der Waals surface area contributed by atoms with Gasteiger partial charge in [-0.05, 0) is 18.6 Å². The van der Waals surface area contributed by atoms with Gasteiger partial charge in [0.1, 0.15) is 5.56 Å². The predicted octanol–water partition coefficient (Wildman–Crippen LogP) is 1.47. The summed E-state index contributed by atoms with van der Waals surface area (Å²) in [5.74, 6) is -0.791. The fraction of sp³-hybridized carbons (Fsp3) is 0.364. The van der Waals surface area contributed by atoms with Crippen molar-refractivity contribution in [2.75, 3.05) is 12.3 Å². The van der Waals surface area contributed by atoms with Gasteiger partial charge in [-0.25, -0.2) is 4.79 Å². The Kier molecular flexibility index (Phi) is 3.42. The fourth-order valence-corrected chi connectivity index (χ4v) is 1.70. The Morgan fingerprint density at radius 2 is 2.33 bits per heavy atom. The standard InChI is InChI=1S/C11H12N2O5/c12-7-3-4-9(13(15)16)8(6-7)11(14)18-10-2-1-5-17-10/h3-4,6,10H,1-2,5,12H2/t10-/m0/s1. The van der Waals surface area contributed by atoms with Gasteiger partial charge in [0.15, 0.2) is 0 Å². The molecular formula is C11H12N2O5. The average Bonchev–Trinajstić information content (AvgIpc) is 2.81. The Morgan fingerprint density at radius 3 is 2.94 bits per heavy atom. The van der Waals surface area contributed by atoms with E-state index in [0.717, 1.165) is 6.42 Å². The van der Waals surface area contributed by atoms with E-state index in [9.17, 15) is 14.9 Å². The van der Waals surface area contributed by atoms with E-state index >= 15 is 0 Å². The summed E-state index contributed by atoms with van der Waals surface area (Å²) >= 11 is 0. The monoisotopic (exact) mass is 252 g/mol. The highest BCUT2D eigenvalue weighted by atomic mass is 16.7. The predicted molar refractivity (Wildman–Crippen MR) is 61.9 cm³/mol. The van der Waals surface area contributed by atoms with Crippen LogP contribution in [0.25, 0.3) is 0 Å². The number of benzene rings is 1. The number of anilines is 1. The van der Waals surface area contributed by atoms with Gasteiger partial charge in [-0.3, -0.25) is 10.1 Å². The summed E-state index contributed by atoms with van der Waals surface area (Å²) < 4.78 is 10.2. The minimum atomic E-state index is -0.791. The van der Waals surface area contributed by atoms with Crippen LogP contribution in [0.2, 0.25) is 0 Å². The minimum Gasteiger partial charge on any atom is -0.432 e. The lowest BCUT2D eigenvalue weighted by molar-refractivity contribution is -0.385. The number of hydrogen-bond acceptors (Lipinski definition) is 6. The van der Waals surface area contributed by atoms with Gasteiger partial charge in [-0.2, -0.15) is 0 Å². The van der Waals surface area contributed by atoms with Crippen molar-refractivity contribution >= 4 is 17.3 Å². The van der Waals surface area contributed by atoms with Crippen molar-refractivity contribution in [2.24, 2.45) is 0 Å². The summed E-state index contributed by atoms with van der Waals surface area (Å²) in [5.41, 5.74) is 5.29. The second kappa shape index (κ2) is 5.01. The normalized spacial score (nSPS) is 18.6. The lowest BCUT2D eigenvalue weighted by Crippen LogP contribution is -2.18. The highest BCUT2D eigenvalue weighted by Crippen LogP contribution is 2.24. The van der Waals surface area contributed by atoms with Gasteiger partial charge in [0.2, 0.25) is 6.29 Å². The van der Waals surface area contributed by atoms with Gasteiger partial charge >= 0.3 is 5.97 Å². The maximum Gasteiger partial charge on any atom is 0.347 e. The highest BCUT2D eigenvalue weighted by Gasteiger charge is 2.26. The molecule has 1 aliphatic rings. The van der Waals surface area contributed by atoms with Crippen LogP contribution in [0.4, 0.5) is 11.4 Å². The summed E-state index contributed by atoms with van der Waals surface area (Å²) in [5, 5.41) is 10.8. The number of rotatable bonds is 3. The van der Waals surface area contributed by atoms with Crippen molar-refractivity contribution in [1.82, 2.24) is 0 Å². The van der Waals surface area contributed by atoms with E-state index in [1.807, 2.05) is 0 Å². The summed E-state index contributed by atoms with van der Waals surface area (Å²) in [6, 6.07) is 3.78. The van der Waals surface area contributed by atoms with Gasteiger partial charge in [0.05, 0.1) is 11.5 Å². The Morgan fingerprint density at radius 1 is 1.56 bits per heavy atom. The molecule has 0 spiro atoms. The van der Waals surface area contributed by atoms with Crippen molar-refractivity contribution in [2.45, 2.75) is 19.1 Å². The molecule has 1 fully saturated rings. The molecule has 1 aromatic rings. The summed E-state index contributed by atoms with van der Waals surface area (Å²) in [6.45, 7) is 0.525. The fourth-order valence-electron chi connectivity index (χ4n) is 1.70. The maximum atomic E-state index is 11.8. The zero-order valence-electron chi connectivity index (χ0n) is 9.50. The largest absolute Gasteiger partial charge is 0.432 e. The molecule has 7 nitrogen and oxygen atoms in total. The third-order valence-corrected chi connectivity index (χ3v) is 2.56. The van der Waals surface area contributed by atoms with E-state index in [0.29, 0.717) is 13.0 Å². The molecule has 0 amide bonds. The van der Waals surface area contributed by atoms with E-state index < -0.39 is 17.2 Å². The van der Waals surface area contributed by atoms with Crippen molar-refractivity contribution in [1.29, 1.82) is 0 Å². The first-order chi connectivity index (χ1) is 8.58. The average molecular weight is 252 g/mol. The van der Waals surface area contributed by atoms with Gasteiger partial charge < -0.3 is 15.2 Å². The van der Waals surface area contributed by atoms with Gasteiger partial charge in [0, 0.05) is 18.2 Å². The van der Waals surface area contributed by atoms with Crippen molar-refractivity contribution in [3.8, 4) is 0 Å². The molecule has 96 valence electrons. The first-order valence-electron chi connectivity index (χ1n) is 5.44. The molecule has 0 bridgehead atoms. The number of nitro benzene ring substituents is 1. The van der Waals surface area contributed by atoms with Crippen LogP contribution in [0, 0.1) is 10.1 Å². The SMILES string of the molecule is Nc1ccc([N+](=O)[O-])c(C(=O)O[C@H]2CCCO2)c1. The number of esters is 1. The van der Waals surface area contributed by atoms with Crippen LogP contribution >= 0.6 is 0 Å². The van der Waals surface area contributed by atoms with Gasteiger partial charge in [0.25, 0.3) is 5.69 Å². The Hall–Kier alpha value is -2.15. The van der Waals surface area contributed by atoms with Crippen LogP contribution < -0.4 is 5.73 Å². The molecular weight excluding hydrogens is 240 g/mol. The summed E-state index contributed by atoms with van der Waals surface area (Å²) in [4.78, 5) is 22.0. The minimum absolute atomic E-state index is 0.157. The number of nitrogens with zero attached hydrogens (tertiary/aromatic N) is 1. The molecule has 0 unspecified atom stereocenters. The lowest BCUT2D eigenvalue weighted by Gasteiger charge is -2.11. The van der Waals surface area contributed by atoms with E-state index in [1.54, 1.807) is 0 Å². The molecule has 0 aromatic heterocycles. The molecule has 0 aliphatic carbocycles. The Balaban J connectivity index is 2.22. The number of nitro groups is 1. The number of ether oxygens (including phenoxy) is 2. The van der Waals surface area contributed by atoms with E-state index in [2.05, 4.69) is 0 Å². The van der Waals surface area contributed by atoms with Crippen LogP contribution in [0.5, 0.6) is 0 Å². The number of nitrogen functional groups attached to an aromatic ring is 1. The second-order valence-electron chi connectivity index (χ2n) is 3.88. The number of hydrogen-bond donors (Lipinski definition) is 1. The molecule has 1 aromatic carbocycles. The smallest absolute Gasteiger partial charge is 0.347 e. The molecule has 2 rings (SSSR count). The number of nitrogens with two attached hydrogens (primary N) is 1. The van der Waals surface area contributed by atoms with E-state index in [4.69, 9.17) is 15.2 Å². The number of carbonyl (C=O) groups excluding carboxylic acids is 1. The zero-order valence-corrected chi connectivity index (χ0v) is 9.50. The van der Waals surface area contributed by atoms with Crippen molar-refractivity contribution < 1.29 is 19.2 Å². The Bertz CT molecular complexity index is 482. The first-order valence-corrected chi connectivity index (χ1v) is 5.44. The quantitative estimate of drug-likeness (QED) is 0.378. The summed E-state index contributed by atoms with van der Waals surface area (Å²) in [7, 11) is 0. The number of carbonyl (C=O) groups is 1. The topological polar surface area (TPSA) is 105 Å². The first kappa shape index (κ1) is 12.3. The van der Waals surface area contributed by atoms with Crippen LogP contribution in [0.15, 0.2) is 18.2 Å². The molecule has 2 N–H and O–H groups in total. The van der Waals surface area contributed by atoms with Crippen LogP contribution in [-0.4, -0.2) is 23.8 Å². The van der Waals surface area contributed by atoms with Crippen molar-refractivity contribution in [3.63, 3.8) is 0 Å². The van der Waals surface area contributed by atoms with E-state index in [-0.39, 0.29) is 16.9 Å². The van der Waals surface area contributed by atoms with Crippen LogP contribution in [-0.2, 0) is 9.47 Å². The highest BCUT2D eigenvalue weighted by molar-refractivity contribution is 5.95. The maximum absolute atomic E-state index is 11.8. The second-order valence-corrected chi connectivity index (χ2v) is 3.88. The molecule has 1 saturated heterocycles. The van der Waals surface area contributed by atoms with Crippen LogP contribution in [0.3, 0.4) is 0 Å². The molecule has 0 saturated carbocycles. The molecule has 0 radical (unpaired) electrons. The molecule has 7 heteroatoms. The van der Waals surface area contributed by atoms with Crippen molar-refractivity contribution in [3.05, 3.63) is 33.9 Å². The third-order valence-electron chi connectivity index (χ3n) is 2.56.